The SMILES string of the molecule is OC(c1cccc(F)c1-c1ncccn1)N1CC2CCC1C(Nc1ncc(C(F)(F)F)cc1Cl)C2. The molecule has 1 aliphatic carbocycles. The molecule has 1 aromatic carbocycles. The van der Waals surface area contributed by atoms with Crippen molar-refractivity contribution in [3.63, 3.8) is 0 Å². The predicted molar refractivity (Wildman–Crippen MR) is 122 cm³/mol. The lowest BCUT2D eigenvalue weighted by Crippen LogP contribution is -2.59. The highest BCUT2D eigenvalue weighted by Crippen LogP contribution is 2.42. The zero-order chi connectivity index (χ0) is 24.7. The highest BCUT2D eigenvalue weighted by Gasteiger charge is 2.44. The molecule has 0 radical (unpaired) electrons. The van der Waals surface area contributed by atoms with Gasteiger partial charge in [0.2, 0.25) is 0 Å². The fraction of sp³-hybridized carbons (Fsp3) is 0.375. The van der Waals surface area contributed by atoms with Crippen LogP contribution in [-0.2, 0) is 6.18 Å². The average Bonchev–Trinajstić information content (AvgIpc) is 2.85. The van der Waals surface area contributed by atoms with Crippen LogP contribution in [0.5, 0.6) is 0 Å². The number of nitrogens with one attached hydrogen (secondary N) is 1. The van der Waals surface area contributed by atoms with Crippen molar-refractivity contribution >= 4 is 17.4 Å². The molecule has 35 heavy (non-hydrogen) atoms. The third-order valence-electron chi connectivity index (χ3n) is 6.74. The number of rotatable bonds is 5. The summed E-state index contributed by atoms with van der Waals surface area (Å²) < 4.78 is 53.8. The Morgan fingerprint density at radius 1 is 1.11 bits per heavy atom. The second-order valence-corrected chi connectivity index (χ2v) is 9.30. The number of aliphatic hydroxyl groups excluding tert-OH is 1. The van der Waals surface area contributed by atoms with Crippen molar-refractivity contribution in [2.24, 2.45) is 5.92 Å². The van der Waals surface area contributed by atoms with Gasteiger partial charge in [0.15, 0.2) is 5.82 Å². The zero-order valence-electron chi connectivity index (χ0n) is 18.4. The first kappa shape index (κ1) is 23.9. The van der Waals surface area contributed by atoms with Crippen molar-refractivity contribution in [2.45, 2.75) is 43.8 Å². The Kier molecular flexibility index (Phi) is 6.37. The fourth-order valence-electron chi connectivity index (χ4n) is 5.15. The minimum atomic E-state index is -4.54. The molecule has 4 heterocycles. The number of aromatic nitrogens is 3. The Morgan fingerprint density at radius 2 is 1.89 bits per heavy atom. The topological polar surface area (TPSA) is 74.2 Å². The molecule has 0 spiro atoms. The summed E-state index contributed by atoms with van der Waals surface area (Å²) in [4.78, 5) is 14.1. The summed E-state index contributed by atoms with van der Waals surface area (Å²) in [5, 5.41) is 14.5. The fourth-order valence-corrected chi connectivity index (χ4v) is 5.37. The van der Waals surface area contributed by atoms with E-state index in [0.29, 0.717) is 12.1 Å². The zero-order valence-corrected chi connectivity index (χ0v) is 19.1. The maximum atomic E-state index is 14.9. The summed E-state index contributed by atoms with van der Waals surface area (Å²) in [6.45, 7) is 0.601. The number of aliphatic hydroxyl groups is 1. The highest BCUT2D eigenvalue weighted by atomic mass is 35.5. The molecule has 2 N–H and O–H groups in total. The van der Waals surface area contributed by atoms with Gasteiger partial charge in [-0.25, -0.2) is 19.3 Å². The molecule has 6 rings (SSSR count). The Balaban J connectivity index is 1.42. The summed E-state index contributed by atoms with van der Waals surface area (Å²) in [5.41, 5.74) is -0.427. The number of fused-ring (bicyclic) bond motifs is 3. The van der Waals surface area contributed by atoms with Crippen LogP contribution in [0.3, 0.4) is 0 Å². The molecule has 4 unspecified atom stereocenters. The molecule has 4 atom stereocenters. The number of piperidine rings is 2. The first-order valence-electron chi connectivity index (χ1n) is 11.2. The van der Waals surface area contributed by atoms with Crippen LogP contribution in [0.15, 0.2) is 48.9 Å². The maximum absolute atomic E-state index is 14.9. The molecule has 2 aromatic heterocycles. The second kappa shape index (κ2) is 9.33. The molecule has 6 nitrogen and oxygen atoms in total. The van der Waals surface area contributed by atoms with E-state index in [4.69, 9.17) is 11.6 Å². The normalized spacial score (nSPS) is 23.3. The Bertz CT molecular complexity index is 1210. The number of hydrogen-bond acceptors (Lipinski definition) is 6. The monoisotopic (exact) mass is 507 g/mol. The van der Waals surface area contributed by atoms with Gasteiger partial charge in [0.05, 0.1) is 16.1 Å². The number of hydrogen-bond donors (Lipinski definition) is 2. The minimum Gasteiger partial charge on any atom is -0.374 e. The van der Waals surface area contributed by atoms with Crippen LogP contribution in [-0.4, -0.2) is 43.6 Å². The number of pyridine rings is 1. The van der Waals surface area contributed by atoms with Gasteiger partial charge in [0.25, 0.3) is 0 Å². The number of anilines is 1. The Morgan fingerprint density at radius 3 is 2.57 bits per heavy atom. The third kappa shape index (κ3) is 4.70. The van der Waals surface area contributed by atoms with Crippen LogP contribution < -0.4 is 5.32 Å². The van der Waals surface area contributed by atoms with Gasteiger partial charge in [-0.05, 0) is 43.4 Å². The number of alkyl halides is 3. The Hall–Kier alpha value is -2.82. The van der Waals surface area contributed by atoms with E-state index in [1.807, 2.05) is 4.90 Å². The van der Waals surface area contributed by atoms with E-state index in [-0.39, 0.29) is 40.2 Å². The van der Waals surface area contributed by atoms with Gasteiger partial charge in [0, 0.05) is 42.8 Å². The van der Waals surface area contributed by atoms with Gasteiger partial charge < -0.3 is 10.4 Å². The molecular formula is C24H22ClF4N5O. The summed E-state index contributed by atoms with van der Waals surface area (Å²) in [7, 11) is 0. The van der Waals surface area contributed by atoms with Crippen LogP contribution in [0.2, 0.25) is 5.02 Å². The van der Waals surface area contributed by atoms with E-state index in [2.05, 4.69) is 20.3 Å². The lowest BCUT2D eigenvalue weighted by atomic mass is 9.76. The summed E-state index contributed by atoms with van der Waals surface area (Å²) in [6.07, 6.45) is 0.569. The third-order valence-corrected chi connectivity index (χ3v) is 7.02. The van der Waals surface area contributed by atoms with Crippen LogP contribution in [0.25, 0.3) is 11.4 Å². The van der Waals surface area contributed by atoms with Gasteiger partial charge in [-0.1, -0.05) is 23.7 Å². The van der Waals surface area contributed by atoms with E-state index in [0.717, 1.165) is 31.5 Å². The molecule has 2 bridgehead atoms. The predicted octanol–water partition coefficient (Wildman–Crippen LogP) is 5.31. The van der Waals surface area contributed by atoms with E-state index in [1.165, 1.54) is 24.5 Å². The molecule has 3 aromatic rings. The van der Waals surface area contributed by atoms with E-state index < -0.39 is 23.8 Å². The van der Waals surface area contributed by atoms with Crippen molar-refractivity contribution in [3.05, 3.63) is 70.9 Å². The molecular weight excluding hydrogens is 486 g/mol. The number of nitrogens with zero attached hydrogens (tertiary/aromatic N) is 4. The van der Waals surface area contributed by atoms with Gasteiger partial charge in [0.1, 0.15) is 17.9 Å². The maximum Gasteiger partial charge on any atom is 0.417 e. The molecule has 2 aliphatic heterocycles. The quantitative estimate of drug-likeness (QED) is 0.456. The van der Waals surface area contributed by atoms with E-state index >= 15 is 0 Å². The molecule has 1 saturated carbocycles. The van der Waals surface area contributed by atoms with Crippen molar-refractivity contribution in [1.82, 2.24) is 19.9 Å². The van der Waals surface area contributed by atoms with Gasteiger partial charge in [-0.15, -0.1) is 0 Å². The first-order chi connectivity index (χ1) is 16.7. The van der Waals surface area contributed by atoms with Crippen LogP contribution in [0, 0.1) is 11.7 Å². The van der Waals surface area contributed by atoms with E-state index in [1.54, 1.807) is 12.1 Å². The Labute approximate surface area is 204 Å². The largest absolute Gasteiger partial charge is 0.417 e. The number of benzene rings is 1. The van der Waals surface area contributed by atoms with Crippen molar-refractivity contribution < 1.29 is 22.7 Å². The van der Waals surface area contributed by atoms with Gasteiger partial charge in [-0.2, -0.15) is 13.2 Å². The molecule has 11 heteroatoms. The molecule has 2 saturated heterocycles. The summed E-state index contributed by atoms with van der Waals surface area (Å²) >= 11 is 6.11. The lowest BCUT2D eigenvalue weighted by Gasteiger charge is -2.52. The molecule has 3 fully saturated rings. The number of halogens is 5. The average molecular weight is 508 g/mol. The summed E-state index contributed by atoms with van der Waals surface area (Å²) in [6, 6.07) is 6.59. The smallest absolute Gasteiger partial charge is 0.374 e. The molecule has 3 aliphatic rings. The van der Waals surface area contributed by atoms with Crippen LogP contribution in [0.1, 0.15) is 36.6 Å². The van der Waals surface area contributed by atoms with Crippen molar-refractivity contribution in [2.75, 3.05) is 11.9 Å². The van der Waals surface area contributed by atoms with E-state index in [9.17, 15) is 22.7 Å². The van der Waals surface area contributed by atoms with Crippen molar-refractivity contribution in [3.8, 4) is 11.4 Å². The van der Waals surface area contributed by atoms with Crippen molar-refractivity contribution in [1.29, 1.82) is 0 Å². The van der Waals surface area contributed by atoms with Gasteiger partial charge in [-0.3, -0.25) is 4.90 Å². The lowest BCUT2D eigenvalue weighted by molar-refractivity contribution is -0.137. The standard InChI is InChI=1S/C24H22ClF4N5O/c25-16-10-14(24(27,28)29)11-32-21(16)33-18-9-13-5-6-19(18)34(12-13)23(35)15-3-1-4-17(26)20(15)22-30-7-2-8-31-22/h1-4,7-8,10-11,13,18-19,23,35H,5-6,9,12H2,(H,32,33). The first-order valence-corrected chi connectivity index (χ1v) is 11.6. The second-order valence-electron chi connectivity index (χ2n) is 8.90. The van der Waals surface area contributed by atoms with Crippen LogP contribution >= 0.6 is 11.6 Å². The minimum absolute atomic E-state index is 0.123. The highest BCUT2D eigenvalue weighted by molar-refractivity contribution is 6.33. The summed E-state index contributed by atoms with van der Waals surface area (Å²) in [5.74, 6) is 0.0451. The molecule has 184 valence electrons. The van der Waals surface area contributed by atoms with Gasteiger partial charge >= 0.3 is 6.18 Å². The van der Waals surface area contributed by atoms with Crippen LogP contribution in [0.4, 0.5) is 23.4 Å². The molecule has 0 amide bonds.